The van der Waals surface area contributed by atoms with Crippen molar-refractivity contribution >= 4 is 58.6 Å². The second-order valence-electron chi connectivity index (χ2n) is 7.52. The number of carbonyl (C=O) groups is 1. The van der Waals surface area contributed by atoms with Gasteiger partial charge in [-0.25, -0.2) is 5.43 Å². The van der Waals surface area contributed by atoms with Crippen molar-refractivity contribution in [2.24, 2.45) is 5.10 Å². The maximum absolute atomic E-state index is 12.2. The van der Waals surface area contributed by atoms with E-state index in [-0.39, 0.29) is 11.7 Å². The van der Waals surface area contributed by atoms with Crippen LogP contribution in [0.15, 0.2) is 86.6 Å². The molecule has 0 fully saturated rings. The van der Waals surface area contributed by atoms with E-state index in [9.17, 15) is 4.79 Å². The molecular formula is C26H23ClN4O3S3. The van der Waals surface area contributed by atoms with Crippen molar-refractivity contribution in [3.8, 4) is 11.5 Å². The zero-order valence-electron chi connectivity index (χ0n) is 19.8. The van der Waals surface area contributed by atoms with Gasteiger partial charge in [-0.3, -0.25) is 4.79 Å². The number of methoxy groups -OCH3 is 1. The van der Waals surface area contributed by atoms with Crippen LogP contribution < -0.4 is 14.9 Å². The quantitative estimate of drug-likeness (QED) is 0.121. The van der Waals surface area contributed by atoms with Gasteiger partial charge in [-0.1, -0.05) is 88.9 Å². The minimum absolute atomic E-state index is 0.184. The molecule has 0 bridgehead atoms. The first kappa shape index (κ1) is 27.0. The number of benzene rings is 3. The first-order valence-corrected chi connectivity index (χ1v) is 14.3. The summed E-state index contributed by atoms with van der Waals surface area (Å²) in [7, 11) is 1.58. The lowest BCUT2D eigenvalue weighted by Crippen LogP contribution is -2.19. The molecule has 3 aromatic carbocycles. The van der Waals surface area contributed by atoms with Crippen LogP contribution in [0.5, 0.6) is 11.5 Å². The second kappa shape index (κ2) is 14.0. The van der Waals surface area contributed by atoms with Gasteiger partial charge in [-0.05, 0) is 47.0 Å². The predicted molar refractivity (Wildman–Crippen MR) is 151 cm³/mol. The van der Waals surface area contributed by atoms with Crippen LogP contribution in [0, 0.1) is 0 Å². The normalized spacial score (nSPS) is 11.0. The van der Waals surface area contributed by atoms with Crippen molar-refractivity contribution in [3.63, 3.8) is 0 Å². The number of rotatable bonds is 12. The van der Waals surface area contributed by atoms with E-state index < -0.39 is 0 Å². The third kappa shape index (κ3) is 8.78. The van der Waals surface area contributed by atoms with Crippen LogP contribution in [-0.2, 0) is 17.2 Å². The molecule has 0 atom stereocenters. The minimum atomic E-state index is -0.235. The summed E-state index contributed by atoms with van der Waals surface area (Å²) < 4.78 is 12.9. The van der Waals surface area contributed by atoms with Crippen molar-refractivity contribution < 1.29 is 14.3 Å². The fourth-order valence-corrected chi connectivity index (χ4v) is 5.89. The summed E-state index contributed by atoms with van der Waals surface area (Å²) in [6, 6.07) is 23.1. The van der Waals surface area contributed by atoms with E-state index in [4.69, 9.17) is 21.1 Å². The second-order valence-corrected chi connectivity index (χ2v) is 11.4. The molecule has 0 saturated carbocycles. The van der Waals surface area contributed by atoms with Crippen molar-refractivity contribution in [3.05, 3.63) is 94.5 Å². The van der Waals surface area contributed by atoms with E-state index >= 15 is 0 Å². The Morgan fingerprint density at radius 1 is 1.00 bits per heavy atom. The van der Waals surface area contributed by atoms with Gasteiger partial charge < -0.3 is 9.47 Å². The molecule has 0 spiro atoms. The van der Waals surface area contributed by atoms with Gasteiger partial charge in [0.05, 0.1) is 19.1 Å². The van der Waals surface area contributed by atoms with Gasteiger partial charge in [-0.15, -0.1) is 10.2 Å². The molecule has 4 aromatic rings. The highest BCUT2D eigenvalue weighted by Crippen LogP contribution is 2.31. The Bertz CT molecular complexity index is 1330. The highest BCUT2D eigenvalue weighted by molar-refractivity contribution is 8.03. The number of nitrogens with zero attached hydrogens (tertiary/aromatic N) is 3. The highest BCUT2D eigenvalue weighted by Gasteiger charge is 2.09. The zero-order chi connectivity index (χ0) is 25.9. The van der Waals surface area contributed by atoms with Crippen LogP contribution in [0.1, 0.15) is 16.7 Å². The van der Waals surface area contributed by atoms with Gasteiger partial charge in [0.2, 0.25) is 0 Å². The molecule has 1 amide bonds. The molecule has 0 aliphatic heterocycles. The molecule has 0 saturated heterocycles. The molecule has 37 heavy (non-hydrogen) atoms. The molecule has 0 aliphatic rings. The summed E-state index contributed by atoms with van der Waals surface area (Å²) in [6.45, 7) is 0.440. The summed E-state index contributed by atoms with van der Waals surface area (Å²) in [6.07, 6.45) is 1.56. The number of thioether (sulfide) groups is 2. The molecule has 1 aromatic heterocycles. The molecule has 0 unspecified atom stereocenters. The fourth-order valence-electron chi connectivity index (χ4n) is 3.00. The average molecular weight is 571 g/mol. The van der Waals surface area contributed by atoms with Gasteiger partial charge in [0, 0.05) is 10.8 Å². The first-order valence-electron chi connectivity index (χ1n) is 11.1. The Labute approximate surface area is 232 Å². The lowest BCUT2D eigenvalue weighted by molar-refractivity contribution is -0.118. The summed E-state index contributed by atoms with van der Waals surface area (Å²) in [4.78, 5) is 12.2. The predicted octanol–water partition coefficient (Wildman–Crippen LogP) is 6.31. The highest BCUT2D eigenvalue weighted by atomic mass is 35.5. The Hall–Kier alpha value is -3.05. The molecule has 0 radical (unpaired) electrons. The lowest BCUT2D eigenvalue weighted by Gasteiger charge is -2.11. The van der Waals surface area contributed by atoms with Crippen LogP contribution in [0.2, 0.25) is 5.02 Å². The Kier molecular flexibility index (Phi) is 10.2. The Balaban J connectivity index is 1.21. The van der Waals surface area contributed by atoms with E-state index in [1.54, 1.807) is 31.2 Å². The minimum Gasteiger partial charge on any atom is -0.493 e. The smallest absolute Gasteiger partial charge is 0.250 e. The van der Waals surface area contributed by atoms with E-state index in [0.29, 0.717) is 23.1 Å². The summed E-state index contributed by atoms with van der Waals surface area (Å²) in [5, 5.41) is 13.1. The van der Waals surface area contributed by atoms with Crippen LogP contribution >= 0.6 is 46.5 Å². The van der Waals surface area contributed by atoms with E-state index in [1.165, 1.54) is 23.1 Å². The summed E-state index contributed by atoms with van der Waals surface area (Å²) in [5.41, 5.74) is 5.53. The molecule has 4 rings (SSSR count). The molecule has 7 nitrogen and oxygen atoms in total. The number of hydrogen-bond acceptors (Lipinski definition) is 9. The topological polar surface area (TPSA) is 85.7 Å². The van der Waals surface area contributed by atoms with E-state index in [2.05, 4.69) is 20.7 Å². The Morgan fingerprint density at radius 2 is 1.76 bits per heavy atom. The average Bonchev–Trinajstić information content (AvgIpc) is 3.39. The van der Waals surface area contributed by atoms with Gasteiger partial charge in [0.25, 0.3) is 5.91 Å². The van der Waals surface area contributed by atoms with Gasteiger partial charge in [-0.2, -0.15) is 5.10 Å². The van der Waals surface area contributed by atoms with Gasteiger partial charge >= 0.3 is 0 Å². The number of halogens is 1. The molecule has 11 heteroatoms. The summed E-state index contributed by atoms with van der Waals surface area (Å²) >= 11 is 10.3. The molecule has 190 valence electrons. The van der Waals surface area contributed by atoms with Gasteiger partial charge in [0.1, 0.15) is 6.61 Å². The number of nitrogens with one attached hydrogen (secondary N) is 1. The molecular weight excluding hydrogens is 548 g/mol. The van der Waals surface area contributed by atoms with Crippen LogP contribution in [0.3, 0.4) is 0 Å². The SMILES string of the molecule is COc1cc(C=NNC(=O)CSc2nnc(SCc3ccc(Cl)cc3)s2)ccc1OCc1ccccc1. The van der Waals surface area contributed by atoms with Crippen LogP contribution in [-0.4, -0.2) is 35.2 Å². The molecule has 0 aliphatic carbocycles. The molecule has 1 heterocycles. The van der Waals surface area contributed by atoms with E-state index in [1.807, 2.05) is 66.7 Å². The van der Waals surface area contributed by atoms with Crippen LogP contribution in [0.4, 0.5) is 0 Å². The standard InChI is InChI=1S/C26H23ClN4O3S3/c1-33-23-13-20(9-12-22(23)34-15-18-5-3-2-4-6-18)14-28-29-24(32)17-36-26-31-30-25(37-26)35-16-19-7-10-21(27)11-8-19/h2-14H,15-17H2,1H3,(H,29,32). The first-order chi connectivity index (χ1) is 18.1. The van der Waals surface area contributed by atoms with Crippen molar-refractivity contribution in [2.45, 2.75) is 21.0 Å². The van der Waals surface area contributed by atoms with Crippen LogP contribution in [0.25, 0.3) is 0 Å². The van der Waals surface area contributed by atoms with Crippen molar-refractivity contribution in [2.75, 3.05) is 12.9 Å². The number of ether oxygens (including phenoxy) is 2. The maximum Gasteiger partial charge on any atom is 0.250 e. The number of hydrazone groups is 1. The van der Waals surface area contributed by atoms with Crippen molar-refractivity contribution in [1.82, 2.24) is 15.6 Å². The monoisotopic (exact) mass is 570 g/mol. The number of aromatic nitrogens is 2. The van der Waals surface area contributed by atoms with E-state index in [0.717, 1.165) is 31.1 Å². The third-order valence-corrected chi connectivity index (χ3v) is 8.33. The largest absolute Gasteiger partial charge is 0.493 e. The number of hydrogen-bond donors (Lipinski definition) is 1. The van der Waals surface area contributed by atoms with Crippen molar-refractivity contribution in [1.29, 1.82) is 0 Å². The number of carbonyl (C=O) groups excluding carboxylic acids is 1. The zero-order valence-corrected chi connectivity index (χ0v) is 23.0. The summed E-state index contributed by atoms with van der Waals surface area (Å²) in [5.74, 6) is 1.94. The lowest BCUT2D eigenvalue weighted by atomic mass is 10.2. The fraction of sp³-hybridized carbons (Fsp3) is 0.154. The molecule has 1 N–H and O–H groups in total. The van der Waals surface area contributed by atoms with Gasteiger partial charge in [0.15, 0.2) is 20.2 Å². The Morgan fingerprint density at radius 3 is 2.51 bits per heavy atom. The maximum atomic E-state index is 12.2. The number of amides is 1. The third-order valence-electron chi connectivity index (χ3n) is 4.82.